The van der Waals surface area contributed by atoms with Gasteiger partial charge in [0.15, 0.2) is 0 Å². The Bertz CT molecular complexity index is 110. The third kappa shape index (κ3) is 3.94. The Hall–Kier alpha value is 0.492. The molecule has 1 atom stereocenters. The highest BCUT2D eigenvalue weighted by molar-refractivity contribution is 6.52. The van der Waals surface area contributed by atoms with E-state index in [9.17, 15) is 0 Å². The van der Waals surface area contributed by atoms with Crippen LogP contribution in [-0.4, -0.2) is 21.1 Å². The van der Waals surface area contributed by atoms with Gasteiger partial charge < -0.3 is 3.79 Å². The zero-order valence-corrected chi connectivity index (χ0v) is 9.67. The Morgan fingerprint density at radius 3 is 2.83 bits per heavy atom. The molecule has 0 spiro atoms. The molecule has 12 heavy (non-hydrogen) atoms. The summed E-state index contributed by atoms with van der Waals surface area (Å²) >= 11 is -0.716. The van der Waals surface area contributed by atoms with Crippen molar-refractivity contribution in [2.75, 3.05) is 6.61 Å². The topological polar surface area (TPSA) is 9.23 Å². The maximum Gasteiger partial charge on any atom is 0.461 e. The fourth-order valence-electron chi connectivity index (χ4n) is 2.05. The SMILES string of the molecule is CCCC(C)[CH2][Al]1[CH2]CCC[O]1. The average molecular weight is 184 g/mol. The van der Waals surface area contributed by atoms with E-state index in [4.69, 9.17) is 3.79 Å². The molecule has 0 radical (unpaired) electrons. The van der Waals surface area contributed by atoms with Gasteiger partial charge in [0.25, 0.3) is 0 Å². The Morgan fingerprint density at radius 1 is 1.42 bits per heavy atom. The molecule has 0 aromatic heterocycles. The van der Waals surface area contributed by atoms with Crippen molar-refractivity contribution in [1.29, 1.82) is 0 Å². The maximum absolute atomic E-state index is 5.83. The highest BCUT2D eigenvalue weighted by Crippen LogP contribution is 2.20. The van der Waals surface area contributed by atoms with Crippen LogP contribution in [0.3, 0.4) is 0 Å². The van der Waals surface area contributed by atoms with Crippen LogP contribution in [0.15, 0.2) is 0 Å². The van der Waals surface area contributed by atoms with Gasteiger partial charge in [-0.05, 0) is 6.42 Å². The summed E-state index contributed by atoms with van der Waals surface area (Å²) in [7, 11) is 0. The van der Waals surface area contributed by atoms with Crippen molar-refractivity contribution in [3.05, 3.63) is 0 Å². The molecule has 1 nitrogen and oxygen atoms in total. The summed E-state index contributed by atoms with van der Waals surface area (Å²) in [6, 6.07) is 0. The van der Waals surface area contributed by atoms with E-state index in [0.29, 0.717) is 0 Å². The molecule has 0 aromatic carbocycles. The monoisotopic (exact) mass is 184 g/mol. The molecule has 1 unspecified atom stereocenters. The highest BCUT2D eigenvalue weighted by atomic mass is 27.2. The van der Waals surface area contributed by atoms with Crippen molar-refractivity contribution >= 4 is 14.5 Å². The quantitative estimate of drug-likeness (QED) is 0.609. The molecule has 1 rings (SSSR count). The van der Waals surface area contributed by atoms with Gasteiger partial charge in [0, 0.05) is 6.61 Å². The summed E-state index contributed by atoms with van der Waals surface area (Å²) in [6.45, 7) is 5.73. The lowest BCUT2D eigenvalue weighted by molar-refractivity contribution is 0.281. The Labute approximate surface area is 81.2 Å². The summed E-state index contributed by atoms with van der Waals surface area (Å²) in [5, 5.41) is 2.86. The standard InChI is InChI=1S/C6H13.C4H8O.Al/c1-4-5-6(2)3;1-2-3-4-5;/h6H,2,4-5H2,1,3H3;1-4H2;/q;-1;+1. The fourth-order valence-corrected chi connectivity index (χ4v) is 4.97. The van der Waals surface area contributed by atoms with Crippen molar-refractivity contribution in [2.45, 2.75) is 50.1 Å². The smallest absolute Gasteiger partial charge is 0.461 e. The summed E-state index contributed by atoms with van der Waals surface area (Å²) < 4.78 is 5.83. The van der Waals surface area contributed by atoms with Crippen molar-refractivity contribution in [2.24, 2.45) is 5.92 Å². The third-order valence-electron chi connectivity index (χ3n) is 2.72. The molecule has 70 valence electrons. The maximum atomic E-state index is 5.83. The fraction of sp³-hybridized carbons (Fsp3) is 1.00. The van der Waals surface area contributed by atoms with Crippen LogP contribution in [0.2, 0.25) is 10.6 Å². The molecule has 1 heterocycles. The van der Waals surface area contributed by atoms with Crippen molar-refractivity contribution in [3.63, 3.8) is 0 Å². The molecule has 0 amide bonds. The first-order valence-electron chi connectivity index (χ1n) is 5.44. The van der Waals surface area contributed by atoms with Crippen molar-refractivity contribution in [3.8, 4) is 0 Å². The van der Waals surface area contributed by atoms with Gasteiger partial charge in [0.2, 0.25) is 0 Å². The predicted molar refractivity (Wildman–Crippen MR) is 54.6 cm³/mol. The molecular weight excluding hydrogens is 163 g/mol. The lowest BCUT2D eigenvalue weighted by Gasteiger charge is -2.20. The number of rotatable bonds is 4. The third-order valence-corrected chi connectivity index (χ3v) is 5.81. The van der Waals surface area contributed by atoms with Crippen molar-refractivity contribution < 1.29 is 3.79 Å². The minimum absolute atomic E-state index is 0.716. The molecule has 1 aliphatic rings. The van der Waals surface area contributed by atoms with Crippen molar-refractivity contribution in [1.82, 2.24) is 0 Å². The summed E-state index contributed by atoms with van der Waals surface area (Å²) in [5.41, 5.74) is 0. The van der Waals surface area contributed by atoms with Gasteiger partial charge in [0.1, 0.15) is 0 Å². The summed E-state index contributed by atoms with van der Waals surface area (Å²) in [6.07, 6.45) is 5.48. The van der Waals surface area contributed by atoms with Crippen LogP contribution in [0.4, 0.5) is 0 Å². The van der Waals surface area contributed by atoms with Crippen LogP contribution in [0, 0.1) is 5.92 Å². The van der Waals surface area contributed by atoms with E-state index in [1.54, 1.807) is 0 Å². The van der Waals surface area contributed by atoms with Crippen LogP contribution < -0.4 is 0 Å². The van der Waals surface area contributed by atoms with Gasteiger partial charge in [-0.2, -0.15) is 0 Å². The highest BCUT2D eigenvalue weighted by Gasteiger charge is 2.24. The minimum atomic E-state index is -0.716. The van der Waals surface area contributed by atoms with Gasteiger partial charge >= 0.3 is 14.5 Å². The van der Waals surface area contributed by atoms with Crippen LogP contribution in [-0.2, 0) is 3.79 Å². The van der Waals surface area contributed by atoms with E-state index in [1.807, 2.05) is 0 Å². The van der Waals surface area contributed by atoms with Gasteiger partial charge in [-0.3, -0.25) is 0 Å². The van der Waals surface area contributed by atoms with E-state index in [0.717, 1.165) is 12.5 Å². The molecule has 0 aromatic rings. The van der Waals surface area contributed by atoms with Gasteiger partial charge in [-0.1, -0.05) is 49.6 Å². The van der Waals surface area contributed by atoms with Gasteiger partial charge in [-0.25, -0.2) is 0 Å². The van der Waals surface area contributed by atoms with E-state index in [2.05, 4.69) is 13.8 Å². The summed E-state index contributed by atoms with van der Waals surface area (Å²) in [5.74, 6) is 0.921. The second-order valence-electron chi connectivity index (χ2n) is 4.12. The van der Waals surface area contributed by atoms with Crippen LogP contribution in [0.25, 0.3) is 0 Å². The molecule has 1 saturated heterocycles. The van der Waals surface area contributed by atoms with E-state index in [-0.39, 0.29) is 0 Å². The lowest BCUT2D eigenvalue weighted by atomic mass is 10.1. The van der Waals surface area contributed by atoms with Crippen LogP contribution in [0.5, 0.6) is 0 Å². The molecule has 0 bridgehead atoms. The first-order chi connectivity index (χ1) is 5.83. The Kier molecular flexibility index (Phi) is 5.31. The lowest BCUT2D eigenvalue weighted by Crippen LogP contribution is -2.25. The first-order valence-corrected chi connectivity index (χ1v) is 7.55. The zero-order chi connectivity index (χ0) is 8.81. The zero-order valence-electron chi connectivity index (χ0n) is 8.51. The molecule has 1 fully saturated rings. The molecule has 1 aliphatic heterocycles. The average Bonchev–Trinajstić information content (AvgIpc) is 2.06. The van der Waals surface area contributed by atoms with E-state index < -0.39 is 14.5 Å². The van der Waals surface area contributed by atoms with E-state index >= 15 is 0 Å². The normalized spacial score (nSPS) is 21.0. The predicted octanol–water partition coefficient (Wildman–Crippen LogP) is 3.22. The second-order valence-corrected chi connectivity index (χ2v) is 6.74. The van der Waals surface area contributed by atoms with Gasteiger partial charge in [-0.15, -0.1) is 0 Å². The molecule has 0 aliphatic carbocycles. The summed E-state index contributed by atoms with van der Waals surface area (Å²) in [4.78, 5) is 0. The van der Waals surface area contributed by atoms with Crippen LogP contribution >= 0.6 is 0 Å². The molecule has 2 heteroatoms. The minimum Gasteiger partial charge on any atom is -0.501 e. The number of hydrogen-bond acceptors (Lipinski definition) is 1. The van der Waals surface area contributed by atoms with Crippen LogP contribution in [0.1, 0.15) is 39.5 Å². The van der Waals surface area contributed by atoms with Gasteiger partial charge in [0.05, 0.1) is 0 Å². The van der Waals surface area contributed by atoms with E-state index in [1.165, 1.54) is 36.2 Å². The Morgan fingerprint density at radius 2 is 2.25 bits per heavy atom. The first kappa shape index (κ1) is 10.6. The number of hydrogen-bond donors (Lipinski definition) is 0. The molecular formula is C10H21AlO. The Balaban J connectivity index is 2.11. The second kappa shape index (κ2) is 6.02. The molecule has 0 saturated carbocycles. The molecule has 0 N–H and O–H groups in total. The largest absolute Gasteiger partial charge is 0.501 e.